The Morgan fingerprint density at radius 1 is 0.960 bits per heavy atom. The Balaban J connectivity index is 1.01. The van der Waals surface area contributed by atoms with E-state index in [2.05, 4.69) is 6.92 Å². The minimum atomic E-state index is -1.58. The van der Waals surface area contributed by atoms with Crippen molar-refractivity contribution in [2.75, 3.05) is 20.3 Å². The van der Waals surface area contributed by atoms with Crippen molar-refractivity contribution in [1.29, 1.82) is 0 Å². The fraction of sp³-hybridized carbons (Fsp3) is 0.889. The average molecular weight is 711 g/mol. The molecule has 282 valence electrons. The molecule has 14 nitrogen and oxygen atoms in total. The second kappa shape index (κ2) is 13.4. The molecule has 0 aromatic carbocycles. The number of hydrogen-bond donors (Lipinski definition) is 6. The van der Waals surface area contributed by atoms with E-state index in [1.54, 1.807) is 13.0 Å². The van der Waals surface area contributed by atoms with Crippen molar-refractivity contribution >= 4 is 12.3 Å². The van der Waals surface area contributed by atoms with Gasteiger partial charge in [-0.1, -0.05) is 6.92 Å². The summed E-state index contributed by atoms with van der Waals surface area (Å²) in [7, 11) is 1.51. The third kappa shape index (κ3) is 5.55. The molecule has 0 spiro atoms. The number of aldehydes is 1. The lowest BCUT2D eigenvalue weighted by molar-refractivity contribution is -0.346. The number of esters is 1. The van der Waals surface area contributed by atoms with Gasteiger partial charge in [-0.25, -0.2) is 4.79 Å². The van der Waals surface area contributed by atoms with E-state index in [1.165, 1.54) is 7.11 Å². The molecule has 7 rings (SSSR count). The minimum Gasteiger partial charge on any atom is -0.458 e. The molecule has 0 amide bonds. The second-order valence-electron chi connectivity index (χ2n) is 16.3. The quantitative estimate of drug-likeness (QED) is 0.113. The molecule has 3 aliphatic heterocycles. The molecule has 6 N–H and O–H groups in total. The average Bonchev–Trinajstić information content (AvgIpc) is 3.64. The van der Waals surface area contributed by atoms with Crippen molar-refractivity contribution in [2.45, 2.75) is 151 Å². The summed E-state index contributed by atoms with van der Waals surface area (Å²) in [5.41, 5.74) is -2.86. The summed E-state index contributed by atoms with van der Waals surface area (Å²) in [6.07, 6.45) is -2.52. The van der Waals surface area contributed by atoms with Crippen LogP contribution < -0.4 is 0 Å². The van der Waals surface area contributed by atoms with Crippen molar-refractivity contribution in [1.82, 2.24) is 0 Å². The fourth-order valence-electron chi connectivity index (χ4n) is 11.5. The van der Waals surface area contributed by atoms with Crippen molar-refractivity contribution < 1.29 is 68.6 Å². The van der Waals surface area contributed by atoms with Gasteiger partial charge in [-0.15, -0.1) is 0 Å². The highest BCUT2D eigenvalue weighted by atomic mass is 16.7. The Morgan fingerprint density at radius 3 is 2.40 bits per heavy atom. The monoisotopic (exact) mass is 710 g/mol. The zero-order chi connectivity index (χ0) is 35.8. The van der Waals surface area contributed by atoms with Gasteiger partial charge < -0.3 is 63.9 Å². The first kappa shape index (κ1) is 36.8. The largest absolute Gasteiger partial charge is 0.458 e. The maximum atomic E-state index is 13.2. The lowest BCUT2D eigenvalue weighted by Gasteiger charge is -2.65. The van der Waals surface area contributed by atoms with Crippen molar-refractivity contribution in [3.8, 4) is 0 Å². The number of cyclic esters (lactones) is 1. The maximum absolute atomic E-state index is 13.2. The molecule has 0 aromatic heterocycles. The zero-order valence-corrected chi connectivity index (χ0v) is 29.1. The minimum absolute atomic E-state index is 0.0352. The molecule has 50 heavy (non-hydrogen) atoms. The molecule has 0 aromatic rings. The highest BCUT2D eigenvalue weighted by Gasteiger charge is 2.71. The number of carbonyl (C=O) groups is 2. The van der Waals surface area contributed by atoms with Crippen molar-refractivity contribution in [3.05, 3.63) is 11.6 Å². The van der Waals surface area contributed by atoms with E-state index >= 15 is 0 Å². The summed E-state index contributed by atoms with van der Waals surface area (Å²) in [5, 5.41) is 65.3. The summed E-state index contributed by atoms with van der Waals surface area (Å²) in [6.45, 7) is 3.57. The van der Waals surface area contributed by atoms with E-state index in [-0.39, 0.29) is 43.2 Å². The summed E-state index contributed by atoms with van der Waals surface area (Å²) in [4.78, 5) is 25.1. The van der Waals surface area contributed by atoms with E-state index in [4.69, 9.17) is 28.4 Å². The Morgan fingerprint density at radius 2 is 1.72 bits per heavy atom. The van der Waals surface area contributed by atoms with Crippen LogP contribution in [0.3, 0.4) is 0 Å². The summed E-state index contributed by atoms with van der Waals surface area (Å²) in [6, 6.07) is 0. The predicted octanol–water partition coefficient (Wildman–Crippen LogP) is 0.258. The molecule has 17 atom stereocenters. The van der Waals surface area contributed by atoms with E-state index in [9.17, 15) is 40.2 Å². The number of methoxy groups -OCH3 is 1. The normalized spacial score (nSPS) is 53.5. The first-order chi connectivity index (χ1) is 23.7. The molecule has 3 heterocycles. The Bertz CT molecular complexity index is 1330. The number of carbonyl (C=O) groups excluding carboxylic acids is 2. The molecule has 0 radical (unpaired) electrons. The van der Waals surface area contributed by atoms with Crippen LogP contribution in [0.4, 0.5) is 0 Å². The number of hydrogen-bond acceptors (Lipinski definition) is 14. The van der Waals surface area contributed by atoms with Crippen LogP contribution in [-0.4, -0.2) is 136 Å². The van der Waals surface area contributed by atoms with Gasteiger partial charge in [-0.05, 0) is 81.6 Å². The van der Waals surface area contributed by atoms with Crippen LogP contribution in [0.25, 0.3) is 0 Å². The molecule has 4 saturated carbocycles. The Kier molecular flexibility index (Phi) is 9.84. The highest BCUT2D eigenvalue weighted by Crippen LogP contribution is 2.70. The van der Waals surface area contributed by atoms with Crippen LogP contribution >= 0.6 is 0 Å². The van der Waals surface area contributed by atoms with E-state index in [0.717, 1.165) is 18.3 Å². The molecule has 5 unspecified atom stereocenters. The predicted molar refractivity (Wildman–Crippen MR) is 171 cm³/mol. The summed E-state index contributed by atoms with van der Waals surface area (Å²) in [5.74, 6) is -0.635. The second-order valence-corrected chi connectivity index (χ2v) is 16.3. The number of fused-ring (bicyclic) bond motifs is 5. The van der Waals surface area contributed by atoms with Crippen LogP contribution in [0.5, 0.6) is 0 Å². The van der Waals surface area contributed by atoms with Gasteiger partial charge in [-0.3, -0.25) is 0 Å². The van der Waals surface area contributed by atoms with Gasteiger partial charge in [-0.2, -0.15) is 0 Å². The number of ether oxygens (including phenoxy) is 6. The first-order valence-corrected chi connectivity index (χ1v) is 18.3. The number of rotatable bonds is 8. The van der Waals surface area contributed by atoms with Gasteiger partial charge in [0, 0.05) is 31.4 Å². The van der Waals surface area contributed by atoms with Crippen LogP contribution in [0.1, 0.15) is 78.1 Å². The lowest BCUT2D eigenvalue weighted by Crippen LogP contribution is -2.69. The van der Waals surface area contributed by atoms with Crippen LogP contribution in [0.2, 0.25) is 0 Å². The number of aliphatic hydroxyl groups excluding tert-OH is 4. The molecule has 2 saturated heterocycles. The fourth-order valence-corrected chi connectivity index (χ4v) is 11.5. The lowest BCUT2D eigenvalue weighted by atomic mass is 9.41. The summed E-state index contributed by atoms with van der Waals surface area (Å²) < 4.78 is 35.2. The topological polar surface area (TPSA) is 211 Å². The van der Waals surface area contributed by atoms with Gasteiger partial charge in [0.05, 0.1) is 41.5 Å². The van der Waals surface area contributed by atoms with Gasteiger partial charge >= 0.3 is 5.97 Å². The molecule has 6 fully saturated rings. The highest BCUT2D eigenvalue weighted by molar-refractivity contribution is 5.85. The van der Waals surface area contributed by atoms with Crippen molar-refractivity contribution in [2.24, 2.45) is 28.6 Å². The Hall–Kier alpha value is -1.56. The van der Waals surface area contributed by atoms with E-state index in [0.29, 0.717) is 44.9 Å². The van der Waals surface area contributed by atoms with Crippen molar-refractivity contribution in [3.63, 3.8) is 0 Å². The third-order valence-corrected chi connectivity index (χ3v) is 14.2. The van der Waals surface area contributed by atoms with Gasteiger partial charge in [0.2, 0.25) is 0 Å². The third-order valence-electron chi connectivity index (χ3n) is 14.2. The summed E-state index contributed by atoms with van der Waals surface area (Å²) >= 11 is 0. The molecule has 4 aliphatic carbocycles. The molecular weight excluding hydrogens is 656 g/mol. The zero-order valence-electron chi connectivity index (χ0n) is 29.1. The number of aliphatic hydroxyl groups is 6. The molecule has 7 aliphatic rings. The first-order valence-electron chi connectivity index (χ1n) is 18.3. The van der Waals surface area contributed by atoms with Gasteiger partial charge in [0.15, 0.2) is 12.6 Å². The van der Waals surface area contributed by atoms with Crippen LogP contribution in [0.15, 0.2) is 11.6 Å². The van der Waals surface area contributed by atoms with Gasteiger partial charge in [0.25, 0.3) is 0 Å². The maximum Gasteiger partial charge on any atom is 0.331 e. The standard InChI is InChI=1S/C36H54O14/c1-18-31(50-32-30(42)29(41)28(40)25(15-37)49-32)24(45-3)13-27(47-18)48-20-4-9-34(17-38)22-5-8-33(2)21(19-12-26(39)46-16-19)7-11-36(33,44)23(22)6-10-35(34,43)14-20/h12,17-18,20-25,27-32,37,40-44H,4-11,13-16H2,1-3H3/t18?,20-,21+,22?,23+,24?,25+,27?,28+,29-,30+,31?,32-,33+,34-,35-,36-/m1/s1. The van der Waals surface area contributed by atoms with E-state index < -0.39 is 90.1 Å². The van der Waals surface area contributed by atoms with Crippen LogP contribution in [-0.2, 0) is 38.0 Å². The van der Waals surface area contributed by atoms with Crippen LogP contribution in [0, 0.1) is 28.6 Å². The van der Waals surface area contributed by atoms with E-state index in [1.807, 2.05) is 0 Å². The van der Waals surface area contributed by atoms with Gasteiger partial charge in [0.1, 0.15) is 43.4 Å². The Labute approximate surface area is 292 Å². The molecule has 0 bridgehead atoms. The molecule has 14 heteroatoms. The SMILES string of the molecule is COC1CC(O[C@@H]2CC[C@@]3(C=O)C4CC[C@@]5(C)[C@H](C6=CC(=O)OC6)CC[C@@]5(O)[C@H]4CC[C@@]3(O)C2)OC(C)C1O[C@H]1O[C@@H](CO)[C@H](O)[C@@H](O)[C@@H]1O. The smallest absolute Gasteiger partial charge is 0.331 e. The molecular formula is C36H54O14.